The normalized spacial score (nSPS) is 14.4. The van der Waals surface area contributed by atoms with Crippen molar-refractivity contribution in [2.75, 3.05) is 244 Å². The minimum absolute atomic E-state index is 0.182. The van der Waals surface area contributed by atoms with Crippen molar-refractivity contribution in [1.29, 1.82) is 0 Å². The van der Waals surface area contributed by atoms with Crippen LogP contribution in [0.15, 0.2) is 0 Å². The van der Waals surface area contributed by atoms with Crippen LogP contribution in [0.2, 0.25) is 12.1 Å². The van der Waals surface area contributed by atoms with Gasteiger partial charge < -0.3 is 110 Å². The van der Waals surface area contributed by atoms with Gasteiger partial charge in [0.05, 0.1) is 168 Å². The fourth-order valence-electron chi connectivity index (χ4n) is 6.94. The lowest BCUT2D eigenvalue weighted by Crippen LogP contribution is -2.59. The quantitative estimate of drug-likeness (QED) is 0.0461. The first-order valence-corrected chi connectivity index (χ1v) is 37.1. The van der Waals surface area contributed by atoms with Gasteiger partial charge in [-0.2, -0.15) is 0 Å². The standard InChI is InChI=1S/C46H102O24S3Si4/c1-43(15-41-74(59-29-17-47-3,60-30-18-48-4)61-31-19-49-5)45(76(65-35-23-53-9,66-36-24-54-10)67-37-25-55-11)71-73-72-46(77(68-38-26-56-12,69-39-27-57-13)70-40-28-58-14)44(2)16-42-75(62-32-20-50-6,63-33-21-51-7)64-34-22-52-8/h43-46H,15-42H2,1-14H3. The van der Waals surface area contributed by atoms with Gasteiger partial charge in [-0.05, 0) is 34.5 Å². The molecule has 0 aliphatic rings. The summed E-state index contributed by atoms with van der Waals surface area (Å²) in [5.74, 6) is -0.364. The van der Waals surface area contributed by atoms with Gasteiger partial charge in [-0.1, -0.05) is 35.4 Å². The molecule has 0 aromatic rings. The predicted octanol–water partition coefficient (Wildman–Crippen LogP) is 4.60. The Labute approximate surface area is 478 Å². The molecule has 0 saturated carbocycles. The Morgan fingerprint density at radius 3 is 0.584 bits per heavy atom. The molecule has 0 aromatic heterocycles. The predicted molar refractivity (Wildman–Crippen MR) is 304 cm³/mol. The zero-order valence-corrected chi connectivity index (χ0v) is 55.6. The van der Waals surface area contributed by atoms with E-state index in [1.807, 2.05) is 0 Å². The molecule has 0 N–H and O–H groups in total. The van der Waals surface area contributed by atoms with Crippen molar-refractivity contribution in [1.82, 2.24) is 0 Å². The van der Waals surface area contributed by atoms with E-state index >= 15 is 0 Å². The minimum Gasteiger partial charge on any atom is -0.382 e. The molecule has 0 aliphatic heterocycles. The van der Waals surface area contributed by atoms with Crippen molar-refractivity contribution in [3.05, 3.63) is 0 Å². The van der Waals surface area contributed by atoms with Crippen LogP contribution in [0.25, 0.3) is 0 Å². The first-order valence-electron chi connectivity index (χ1n) is 26.0. The molecule has 464 valence electrons. The van der Waals surface area contributed by atoms with E-state index in [2.05, 4.69) is 13.8 Å². The van der Waals surface area contributed by atoms with Crippen molar-refractivity contribution in [3.8, 4) is 0 Å². The summed E-state index contributed by atoms with van der Waals surface area (Å²) in [6, 6.07) is 0.860. The van der Waals surface area contributed by atoms with E-state index in [4.69, 9.17) is 110 Å². The summed E-state index contributed by atoms with van der Waals surface area (Å²) in [6.07, 6.45) is 1.10. The maximum Gasteiger partial charge on any atom is 0.516 e. The van der Waals surface area contributed by atoms with Crippen LogP contribution in [0.1, 0.15) is 26.7 Å². The molecule has 0 radical (unpaired) electrons. The van der Waals surface area contributed by atoms with Gasteiger partial charge in [0.15, 0.2) is 0 Å². The van der Waals surface area contributed by atoms with Gasteiger partial charge >= 0.3 is 35.2 Å². The summed E-state index contributed by atoms with van der Waals surface area (Å²) in [5, 5.41) is 0. The fraction of sp³-hybridized carbons (Fsp3) is 1.00. The third kappa shape index (κ3) is 35.1. The lowest BCUT2D eigenvalue weighted by atomic mass is 10.1. The molecule has 24 nitrogen and oxygen atoms in total. The number of methoxy groups -OCH3 is 12. The monoisotopic (exact) mass is 1250 g/mol. The van der Waals surface area contributed by atoms with Gasteiger partial charge in [-0.3, -0.25) is 0 Å². The molecule has 0 amide bonds. The van der Waals surface area contributed by atoms with E-state index in [9.17, 15) is 0 Å². The molecule has 4 unspecified atom stereocenters. The summed E-state index contributed by atoms with van der Waals surface area (Å²) in [5.41, 5.74) is 0. The maximum atomic E-state index is 6.89. The van der Waals surface area contributed by atoms with Crippen molar-refractivity contribution in [2.24, 2.45) is 11.8 Å². The van der Waals surface area contributed by atoms with Gasteiger partial charge in [0, 0.05) is 97.4 Å². The van der Waals surface area contributed by atoms with Gasteiger partial charge in [0.25, 0.3) is 0 Å². The molecule has 0 fully saturated rings. The van der Waals surface area contributed by atoms with Crippen LogP contribution in [0, 0.1) is 11.8 Å². The second-order valence-corrected chi connectivity index (χ2v) is 32.8. The zero-order chi connectivity index (χ0) is 57.2. The van der Waals surface area contributed by atoms with Crippen molar-refractivity contribution in [2.45, 2.75) is 48.5 Å². The first-order chi connectivity index (χ1) is 37.5. The van der Waals surface area contributed by atoms with Crippen molar-refractivity contribution >= 4 is 66.6 Å². The Hall–Kier alpha value is 0.958. The molecule has 0 saturated heterocycles. The number of rotatable bonds is 62. The van der Waals surface area contributed by atoms with E-state index < -0.39 is 45.0 Å². The van der Waals surface area contributed by atoms with Gasteiger partial charge in [-0.25, -0.2) is 0 Å². The van der Waals surface area contributed by atoms with Crippen LogP contribution in [0.5, 0.6) is 0 Å². The SMILES string of the molecule is COCCO[Si](CCC(C)C(SSSC(C(C)CC[Si](OCCOC)(OCCOC)OCCOC)[Si](OCCOC)(OCCOC)OCCOC)[Si](OCCOC)(OCCOC)OCCOC)(OCCOC)OCCOC. The molecular weight excluding hydrogens is 1150 g/mol. The lowest BCUT2D eigenvalue weighted by molar-refractivity contribution is 0.00843. The Morgan fingerprint density at radius 1 is 0.247 bits per heavy atom. The third-order valence-corrected chi connectivity index (χ3v) is 31.0. The Morgan fingerprint density at radius 2 is 0.416 bits per heavy atom. The smallest absolute Gasteiger partial charge is 0.382 e. The number of hydrogen-bond acceptors (Lipinski definition) is 27. The van der Waals surface area contributed by atoms with Gasteiger partial charge in [0.1, 0.15) is 0 Å². The molecule has 77 heavy (non-hydrogen) atoms. The average molecular weight is 1250 g/mol. The summed E-state index contributed by atoms with van der Waals surface area (Å²) in [4.78, 5) is -0.867. The Kier molecular flexibility index (Phi) is 53.2. The molecule has 0 heterocycles. The van der Waals surface area contributed by atoms with Crippen LogP contribution < -0.4 is 0 Å². The Balaban J connectivity index is 8.10. The van der Waals surface area contributed by atoms with E-state index in [0.29, 0.717) is 104 Å². The van der Waals surface area contributed by atoms with Gasteiger partial charge in [0.2, 0.25) is 0 Å². The number of hydrogen-bond donors (Lipinski definition) is 0. The summed E-state index contributed by atoms with van der Waals surface area (Å²) >= 11 is 0. The van der Waals surface area contributed by atoms with Crippen LogP contribution in [0.4, 0.5) is 0 Å². The molecule has 0 aliphatic carbocycles. The van der Waals surface area contributed by atoms with Crippen LogP contribution >= 0.6 is 31.4 Å². The largest absolute Gasteiger partial charge is 0.516 e. The van der Waals surface area contributed by atoms with E-state index in [0.717, 1.165) is 0 Å². The van der Waals surface area contributed by atoms with E-state index in [1.54, 1.807) is 117 Å². The van der Waals surface area contributed by atoms with Crippen LogP contribution in [0.3, 0.4) is 0 Å². The highest BCUT2D eigenvalue weighted by atomic mass is 33.5. The highest BCUT2D eigenvalue weighted by Crippen LogP contribution is 2.51. The molecular formula is C46H102O24S3Si4. The highest BCUT2D eigenvalue weighted by molar-refractivity contribution is 9.09. The maximum absolute atomic E-state index is 6.89. The third-order valence-electron chi connectivity index (χ3n) is 11.0. The second kappa shape index (κ2) is 52.5. The van der Waals surface area contributed by atoms with Crippen molar-refractivity contribution < 1.29 is 110 Å². The topological polar surface area (TPSA) is 222 Å². The number of ether oxygens (including phenoxy) is 12. The molecule has 0 spiro atoms. The average Bonchev–Trinajstić information content (AvgIpc) is 3.42. The second-order valence-electron chi connectivity index (χ2n) is 16.8. The Bertz CT molecular complexity index is 1090. The molecule has 0 aromatic carbocycles. The molecule has 0 bridgehead atoms. The minimum atomic E-state index is -3.79. The summed E-state index contributed by atoms with van der Waals surface area (Å²) in [7, 11) is 9.80. The van der Waals surface area contributed by atoms with Crippen LogP contribution in [-0.4, -0.2) is 289 Å². The van der Waals surface area contributed by atoms with Gasteiger partial charge in [-0.15, -0.1) is 0 Å². The molecule has 0 rings (SSSR count). The first kappa shape index (κ1) is 78.0. The summed E-state index contributed by atoms with van der Waals surface area (Å²) < 4.78 is 146. The van der Waals surface area contributed by atoms with E-state index in [1.165, 1.54) is 0 Å². The van der Waals surface area contributed by atoms with E-state index in [-0.39, 0.29) is 91.1 Å². The fourth-order valence-corrected chi connectivity index (χ4v) is 28.7. The summed E-state index contributed by atoms with van der Waals surface area (Å²) in [6.45, 7) is 10.9. The lowest BCUT2D eigenvalue weighted by Gasteiger charge is -2.40. The zero-order valence-electron chi connectivity index (χ0n) is 49.1. The van der Waals surface area contributed by atoms with Crippen LogP contribution in [-0.2, 0) is 110 Å². The highest BCUT2D eigenvalue weighted by Gasteiger charge is 2.57. The molecule has 31 heteroatoms. The van der Waals surface area contributed by atoms with Crippen molar-refractivity contribution in [3.63, 3.8) is 0 Å². The molecule has 4 atom stereocenters.